The quantitative estimate of drug-likeness (QED) is 0.807. The van der Waals surface area contributed by atoms with E-state index in [-0.39, 0.29) is 18.2 Å². The smallest absolute Gasteiger partial charge is 0.336 e. The minimum absolute atomic E-state index is 0.119. The predicted octanol–water partition coefficient (Wildman–Crippen LogP) is 0.715. The zero-order valence-electron chi connectivity index (χ0n) is 11.5. The zero-order chi connectivity index (χ0) is 14.7. The first kappa shape index (κ1) is 14.3. The fraction of sp³-hybridized carbons (Fsp3) is 0.429. The molecule has 1 aliphatic heterocycles. The molecule has 1 amide bonds. The average Bonchev–Trinajstić information content (AvgIpc) is 2.46. The molecule has 1 aliphatic rings. The van der Waals surface area contributed by atoms with Gasteiger partial charge in [-0.3, -0.25) is 4.79 Å². The molecular weight excluding hydrogens is 262 g/mol. The number of benzene rings is 1. The van der Waals surface area contributed by atoms with Crippen molar-refractivity contribution in [1.29, 1.82) is 0 Å². The van der Waals surface area contributed by atoms with Gasteiger partial charge in [0.1, 0.15) is 5.75 Å². The highest BCUT2D eigenvalue weighted by Gasteiger charge is 2.30. The molecule has 0 bridgehead atoms. The maximum Gasteiger partial charge on any atom is 0.336 e. The number of nitrogens with zero attached hydrogens (tertiary/aromatic N) is 1. The fourth-order valence-corrected chi connectivity index (χ4v) is 2.17. The molecule has 6 nitrogen and oxygen atoms in total. The topological polar surface area (TPSA) is 76.1 Å². The molecule has 1 aromatic carbocycles. The second kappa shape index (κ2) is 5.92. The van der Waals surface area contributed by atoms with E-state index in [0.29, 0.717) is 24.3 Å². The summed E-state index contributed by atoms with van der Waals surface area (Å²) in [6, 6.07) is 4.58. The van der Waals surface area contributed by atoms with Crippen LogP contribution in [0.3, 0.4) is 0 Å². The summed E-state index contributed by atoms with van der Waals surface area (Å²) in [4.78, 5) is 25.4. The number of esters is 1. The van der Waals surface area contributed by atoms with Crippen molar-refractivity contribution < 1.29 is 24.2 Å². The van der Waals surface area contributed by atoms with Crippen molar-refractivity contribution in [2.75, 3.05) is 26.8 Å². The molecule has 1 fully saturated rings. The van der Waals surface area contributed by atoms with Crippen LogP contribution in [-0.4, -0.2) is 54.8 Å². The van der Waals surface area contributed by atoms with Gasteiger partial charge in [-0.15, -0.1) is 0 Å². The van der Waals surface area contributed by atoms with Crippen LogP contribution in [0.15, 0.2) is 18.2 Å². The Balaban J connectivity index is 2.14. The van der Waals surface area contributed by atoms with Crippen LogP contribution in [0, 0.1) is 6.92 Å². The summed E-state index contributed by atoms with van der Waals surface area (Å²) in [5, 5.41) is 9.37. The molecule has 2 rings (SSSR count). The molecule has 20 heavy (non-hydrogen) atoms. The number of carbonyl (C=O) groups excluding carboxylic acids is 2. The maximum atomic E-state index is 12.4. The van der Waals surface area contributed by atoms with Crippen molar-refractivity contribution in [3.63, 3.8) is 0 Å². The minimum Gasteiger partial charge on any atom is -0.508 e. The SMILES string of the molecule is COC(=O)C1CN(C(=O)c2ccc(O)cc2C)CCO1. The highest BCUT2D eigenvalue weighted by molar-refractivity contribution is 5.96. The second-order valence-corrected chi connectivity index (χ2v) is 4.63. The predicted molar refractivity (Wildman–Crippen MR) is 70.5 cm³/mol. The normalized spacial score (nSPS) is 18.7. The summed E-state index contributed by atoms with van der Waals surface area (Å²) >= 11 is 0. The number of phenolic OH excluding ortho intramolecular Hbond substituents is 1. The van der Waals surface area contributed by atoms with Gasteiger partial charge in [0.15, 0.2) is 6.10 Å². The summed E-state index contributed by atoms with van der Waals surface area (Å²) in [7, 11) is 1.29. The molecule has 0 radical (unpaired) electrons. The fourth-order valence-electron chi connectivity index (χ4n) is 2.17. The third-order valence-electron chi connectivity index (χ3n) is 3.26. The summed E-state index contributed by atoms with van der Waals surface area (Å²) in [5.74, 6) is -0.543. The summed E-state index contributed by atoms with van der Waals surface area (Å²) in [6.07, 6.45) is -0.741. The molecule has 0 aliphatic carbocycles. The van der Waals surface area contributed by atoms with Gasteiger partial charge in [0, 0.05) is 12.1 Å². The Morgan fingerprint density at radius 1 is 1.45 bits per heavy atom. The lowest BCUT2D eigenvalue weighted by atomic mass is 10.1. The van der Waals surface area contributed by atoms with Crippen LogP contribution in [-0.2, 0) is 14.3 Å². The van der Waals surface area contributed by atoms with Crippen molar-refractivity contribution in [1.82, 2.24) is 4.90 Å². The number of hydrogen-bond acceptors (Lipinski definition) is 5. The lowest BCUT2D eigenvalue weighted by Crippen LogP contribution is -2.49. The van der Waals surface area contributed by atoms with E-state index in [4.69, 9.17) is 4.74 Å². The number of aromatic hydroxyl groups is 1. The Morgan fingerprint density at radius 2 is 2.20 bits per heavy atom. The van der Waals surface area contributed by atoms with Gasteiger partial charge in [0.05, 0.1) is 20.3 Å². The first-order valence-corrected chi connectivity index (χ1v) is 6.31. The van der Waals surface area contributed by atoms with Crippen molar-refractivity contribution in [2.24, 2.45) is 0 Å². The molecule has 1 saturated heterocycles. The van der Waals surface area contributed by atoms with Crippen molar-refractivity contribution >= 4 is 11.9 Å². The van der Waals surface area contributed by atoms with Crippen LogP contribution < -0.4 is 0 Å². The van der Waals surface area contributed by atoms with E-state index in [1.54, 1.807) is 17.9 Å². The molecule has 1 atom stereocenters. The standard InChI is InChI=1S/C14H17NO5/c1-9-7-10(16)3-4-11(9)13(17)15-5-6-20-12(8-15)14(18)19-2/h3-4,7,12,16H,5-6,8H2,1-2H3. The Morgan fingerprint density at radius 3 is 2.85 bits per heavy atom. The summed E-state index contributed by atoms with van der Waals surface area (Å²) < 4.78 is 9.92. The van der Waals surface area contributed by atoms with E-state index >= 15 is 0 Å². The molecule has 1 N–H and O–H groups in total. The molecule has 1 aromatic rings. The molecule has 1 unspecified atom stereocenters. The van der Waals surface area contributed by atoms with E-state index in [1.807, 2.05) is 0 Å². The first-order valence-electron chi connectivity index (χ1n) is 6.31. The van der Waals surface area contributed by atoms with Crippen LogP contribution in [0.5, 0.6) is 5.75 Å². The van der Waals surface area contributed by atoms with Crippen LogP contribution in [0.25, 0.3) is 0 Å². The van der Waals surface area contributed by atoms with E-state index in [9.17, 15) is 14.7 Å². The van der Waals surface area contributed by atoms with E-state index < -0.39 is 12.1 Å². The van der Waals surface area contributed by atoms with Gasteiger partial charge in [-0.05, 0) is 30.7 Å². The second-order valence-electron chi connectivity index (χ2n) is 4.63. The zero-order valence-corrected chi connectivity index (χ0v) is 11.5. The van der Waals surface area contributed by atoms with E-state index in [1.165, 1.54) is 19.2 Å². The first-order chi connectivity index (χ1) is 9.52. The summed E-state index contributed by atoms with van der Waals surface area (Å²) in [6.45, 7) is 2.65. The molecular formula is C14H17NO5. The number of methoxy groups -OCH3 is 1. The van der Waals surface area contributed by atoms with E-state index in [2.05, 4.69) is 4.74 Å². The third-order valence-corrected chi connectivity index (χ3v) is 3.26. The molecule has 108 valence electrons. The Labute approximate surface area is 116 Å². The van der Waals surface area contributed by atoms with Crippen LogP contribution in [0.1, 0.15) is 15.9 Å². The number of amides is 1. The van der Waals surface area contributed by atoms with Crippen LogP contribution in [0.4, 0.5) is 0 Å². The number of rotatable bonds is 2. The Bertz CT molecular complexity index is 528. The van der Waals surface area contributed by atoms with Gasteiger partial charge in [-0.25, -0.2) is 4.79 Å². The number of hydrogen-bond donors (Lipinski definition) is 1. The molecule has 0 saturated carbocycles. The average molecular weight is 279 g/mol. The third kappa shape index (κ3) is 2.91. The highest BCUT2D eigenvalue weighted by atomic mass is 16.6. The molecule has 1 heterocycles. The van der Waals surface area contributed by atoms with E-state index in [0.717, 1.165) is 0 Å². The van der Waals surface area contributed by atoms with Gasteiger partial charge in [-0.1, -0.05) is 0 Å². The maximum absolute atomic E-state index is 12.4. The Hall–Kier alpha value is -2.08. The number of aryl methyl sites for hydroxylation is 1. The lowest BCUT2D eigenvalue weighted by Gasteiger charge is -2.31. The monoisotopic (exact) mass is 279 g/mol. The number of carbonyl (C=O) groups is 2. The van der Waals surface area contributed by atoms with Gasteiger partial charge in [-0.2, -0.15) is 0 Å². The number of morpholine rings is 1. The number of ether oxygens (including phenoxy) is 2. The van der Waals surface area contributed by atoms with Crippen LogP contribution >= 0.6 is 0 Å². The molecule has 0 spiro atoms. The van der Waals surface area contributed by atoms with Gasteiger partial charge in [0.2, 0.25) is 0 Å². The van der Waals surface area contributed by atoms with Crippen molar-refractivity contribution in [3.8, 4) is 5.75 Å². The molecule has 0 aromatic heterocycles. The highest BCUT2D eigenvalue weighted by Crippen LogP contribution is 2.19. The summed E-state index contributed by atoms with van der Waals surface area (Å²) in [5.41, 5.74) is 1.20. The Kier molecular flexibility index (Phi) is 4.24. The minimum atomic E-state index is -0.741. The van der Waals surface area contributed by atoms with Crippen molar-refractivity contribution in [2.45, 2.75) is 13.0 Å². The van der Waals surface area contributed by atoms with Crippen LogP contribution in [0.2, 0.25) is 0 Å². The number of phenols is 1. The van der Waals surface area contributed by atoms with Crippen molar-refractivity contribution in [3.05, 3.63) is 29.3 Å². The largest absolute Gasteiger partial charge is 0.508 e. The van der Waals surface area contributed by atoms with Gasteiger partial charge in [0.25, 0.3) is 5.91 Å². The lowest BCUT2D eigenvalue weighted by molar-refractivity contribution is -0.158. The molecule has 6 heteroatoms. The van der Waals surface area contributed by atoms with Gasteiger partial charge >= 0.3 is 5.97 Å². The van der Waals surface area contributed by atoms with Gasteiger partial charge < -0.3 is 19.5 Å².